The first-order valence-electron chi connectivity index (χ1n) is 11.0. The second-order valence-electron chi connectivity index (χ2n) is 9.52. The Balaban J connectivity index is 1.61. The van der Waals surface area contributed by atoms with Gasteiger partial charge in [0.2, 0.25) is 0 Å². The zero-order valence-corrected chi connectivity index (χ0v) is 19.5. The topological polar surface area (TPSA) is 77.1 Å². The number of hydrogen-bond acceptors (Lipinski definition) is 2. The van der Waals surface area contributed by atoms with Crippen LogP contribution >= 0.6 is 0 Å². The molecule has 0 saturated carbocycles. The zero-order chi connectivity index (χ0) is 23.8. The third kappa shape index (κ3) is 4.82. The lowest BCUT2D eigenvalue weighted by Gasteiger charge is -2.19. The lowest BCUT2D eigenvalue weighted by atomic mass is 9.87. The van der Waals surface area contributed by atoms with Gasteiger partial charge in [0.25, 0.3) is 11.8 Å². The molecule has 0 aliphatic heterocycles. The van der Waals surface area contributed by atoms with Gasteiger partial charge in [0.15, 0.2) is 0 Å². The lowest BCUT2D eigenvalue weighted by Crippen LogP contribution is -2.17. The minimum Gasteiger partial charge on any atom is -0.364 e. The average Bonchev–Trinajstić information content (AvgIpc) is 3.11. The number of aromatic nitrogens is 1. The third-order valence-corrected chi connectivity index (χ3v) is 5.85. The smallest absolute Gasteiger partial charge is 0.265 e. The Morgan fingerprint density at radius 1 is 0.939 bits per heavy atom. The maximum absolute atomic E-state index is 12.8. The Labute approximate surface area is 194 Å². The molecule has 168 valence electrons. The van der Waals surface area contributed by atoms with E-state index in [0.717, 1.165) is 22.0 Å². The van der Waals surface area contributed by atoms with Crippen LogP contribution in [0.2, 0.25) is 0 Å². The number of nitrogens with zero attached hydrogens (tertiary/aromatic N) is 1. The van der Waals surface area contributed by atoms with E-state index in [9.17, 15) is 9.59 Å². The number of hydrogen-bond donors (Lipinski definition) is 2. The summed E-state index contributed by atoms with van der Waals surface area (Å²) in [6, 6.07) is 23.2. The van der Waals surface area contributed by atoms with Crippen molar-refractivity contribution < 1.29 is 9.59 Å². The SMILES string of the molecule is Cc1cccc(Cn2c(C(N)=O)cc3cc(NC(=O)c4ccc(C(C)(C)C)cc4)ccc32)c1. The Hall–Kier alpha value is -3.86. The largest absolute Gasteiger partial charge is 0.364 e. The van der Waals surface area contributed by atoms with Gasteiger partial charge in [0, 0.05) is 28.7 Å². The van der Waals surface area contributed by atoms with Crippen LogP contribution in [-0.2, 0) is 12.0 Å². The van der Waals surface area contributed by atoms with Crippen molar-refractivity contribution in [2.75, 3.05) is 5.32 Å². The van der Waals surface area contributed by atoms with Gasteiger partial charge in [-0.3, -0.25) is 9.59 Å². The van der Waals surface area contributed by atoms with E-state index in [1.807, 2.05) is 72.2 Å². The highest BCUT2D eigenvalue weighted by Gasteiger charge is 2.16. The minimum absolute atomic E-state index is 0.0315. The number of rotatable bonds is 5. The summed E-state index contributed by atoms with van der Waals surface area (Å²) in [6.07, 6.45) is 0. The van der Waals surface area contributed by atoms with E-state index in [1.165, 1.54) is 5.56 Å². The average molecular weight is 440 g/mol. The van der Waals surface area contributed by atoms with Crippen LogP contribution in [0.3, 0.4) is 0 Å². The number of anilines is 1. The van der Waals surface area contributed by atoms with Gasteiger partial charge in [-0.1, -0.05) is 62.7 Å². The maximum atomic E-state index is 12.8. The summed E-state index contributed by atoms with van der Waals surface area (Å²) in [6.45, 7) is 9.00. The van der Waals surface area contributed by atoms with E-state index in [2.05, 4.69) is 32.2 Å². The van der Waals surface area contributed by atoms with Crippen LogP contribution in [0.15, 0.2) is 72.8 Å². The molecule has 4 rings (SSSR count). The molecule has 4 aromatic rings. The van der Waals surface area contributed by atoms with Crippen molar-refractivity contribution in [3.8, 4) is 0 Å². The number of primary amides is 1. The molecular weight excluding hydrogens is 410 g/mol. The minimum atomic E-state index is -0.483. The van der Waals surface area contributed by atoms with Gasteiger partial charge in [-0.2, -0.15) is 0 Å². The monoisotopic (exact) mass is 439 g/mol. The molecule has 1 heterocycles. The molecular formula is C28H29N3O2. The third-order valence-electron chi connectivity index (χ3n) is 5.85. The van der Waals surface area contributed by atoms with Crippen LogP contribution in [-0.4, -0.2) is 16.4 Å². The molecule has 0 bridgehead atoms. The summed E-state index contributed by atoms with van der Waals surface area (Å²) in [5, 5.41) is 3.80. The van der Waals surface area contributed by atoms with E-state index in [4.69, 9.17) is 5.73 Å². The fraction of sp³-hybridized carbons (Fsp3) is 0.214. The molecule has 0 radical (unpaired) electrons. The molecule has 0 saturated heterocycles. The number of amides is 2. The first kappa shape index (κ1) is 22.3. The van der Waals surface area contributed by atoms with E-state index >= 15 is 0 Å². The maximum Gasteiger partial charge on any atom is 0.265 e. The van der Waals surface area contributed by atoms with E-state index in [1.54, 1.807) is 6.07 Å². The van der Waals surface area contributed by atoms with Gasteiger partial charge < -0.3 is 15.6 Å². The Morgan fingerprint density at radius 2 is 1.67 bits per heavy atom. The summed E-state index contributed by atoms with van der Waals surface area (Å²) < 4.78 is 1.92. The highest BCUT2D eigenvalue weighted by atomic mass is 16.2. The van der Waals surface area contributed by atoms with Gasteiger partial charge >= 0.3 is 0 Å². The van der Waals surface area contributed by atoms with Crippen molar-refractivity contribution in [3.63, 3.8) is 0 Å². The van der Waals surface area contributed by atoms with E-state index in [-0.39, 0.29) is 11.3 Å². The number of fused-ring (bicyclic) bond motifs is 1. The van der Waals surface area contributed by atoms with Crippen LogP contribution in [0, 0.1) is 6.92 Å². The van der Waals surface area contributed by atoms with Crippen LogP contribution in [0.1, 0.15) is 58.3 Å². The van der Waals surface area contributed by atoms with Crippen molar-refractivity contribution in [1.82, 2.24) is 4.57 Å². The highest BCUT2D eigenvalue weighted by molar-refractivity contribution is 6.05. The fourth-order valence-corrected chi connectivity index (χ4v) is 4.04. The van der Waals surface area contributed by atoms with Gasteiger partial charge in [-0.15, -0.1) is 0 Å². The second kappa shape index (κ2) is 8.58. The van der Waals surface area contributed by atoms with E-state index in [0.29, 0.717) is 23.5 Å². The molecule has 0 fully saturated rings. The number of nitrogens with one attached hydrogen (secondary N) is 1. The lowest BCUT2D eigenvalue weighted by molar-refractivity contribution is 0.0990. The first-order valence-corrected chi connectivity index (χ1v) is 11.0. The first-order chi connectivity index (χ1) is 15.6. The molecule has 0 unspecified atom stereocenters. The van der Waals surface area contributed by atoms with Crippen LogP contribution in [0.5, 0.6) is 0 Å². The molecule has 0 aliphatic carbocycles. The molecule has 0 atom stereocenters. The van der Waals surface area contributed by atoms with Gasteiger partial charge in [-0.05, 0) is 59.9 Å². The number of benzene rings is 3. The Kier molecular flexibility index (Phi) is 5.81. The van der Waals surface area contributed by atoms with Gasteiger partial charge in [0.05, 0.1) is 0 Å². The summed E-state index contributed by atoms with van der Waals surface area (Å²) >= 11 is 0. The van der Waals surface area contributed by atoms with Gasteiger partial charge in [-0.25, -0.2) is 0 Å². The second-order valence-corrected chi connectivity index (χ2v) is 9.52. The van der Waals surface area contributed by atoms with Crippen LogP contribution in [0.4, 0.5) is 5.69 Å². The molecule has 5 nitrogen and oxygen atoms in total. The summed E-state index contributed by atoms with van der Waals surface area (Å²) in [5.74, 6) is -0.660. The highest BCUT2D eigenvalue weighted by Crippen LogP contribution is 2.26. The fourth-order valence-electron chi connectivity index (χ4n) is 4.04. The summed E-state index contributed by atoms with van der Waals surface area (Å²) in [4.78, 5) is 24.9. The van der Waals surface area contributed by atoms with Crippen LogP contribution < -0.4 is 11.1 Å². The molecule has 33 heavy (non-hydrogen) atoms. The zero-order valence-electron chi connectivity index (χ0n) is 19.5. The van der Waals surface area contributed by atoms with Gasteiger partial charge in [0.1, 0.15) is 5.69 Å². The van der Waals surface area contributed by atoms with Crippen molar-refractivity contribution in [2.45, 2.75) is 39.7 Å². The number of carbonyl (C=O) groups is 2. The number of nitrogens with two attached hydrogens (primary N) is 1. The Morgan fingerprint density at radius 3 is 2.30 bits per heavy atom. The predicted molar refractivity (Wildman–Crippen MR) is 134 cm³/mol. The van der Waals surface area contributed by atoms with Crippen molar-refractivity contribution in [3.05, 3.63) is 101 Å². The number of aryl methyl sites for hydroxylation is 1. The molecule has 3 N–H and O–H groups in total. The number of carbonyl (C=O) groups excluding carboxylic acids is 2. The summed E-state index contributed by atoms with van der Waals surface area (Å²) in [5.41, 5.74) is 11.7. The molecule has 1 aromatic heterocycles. The van der Waals surface area contributed by atoms with Crippen molar-refractivity contribution in [2.24, 2.45) is 5.73 Å². The van der Waals surface area contributed by atoms with E-state index < -0.39 is 5.91 Å². The van der Waals surface area contributed by atoms with Crippen molar-refractivity contribution >= 4 is 28.4 Å². The predicted octanol–water partition coefficient (Wildman–Crippen LogP) is 5.65. The molecule has 2 amide bonds. The summed E-state index contributed by atoms with van der Waals surface area (Å²) in [7, 11) is 0. The molecule has 5 heteroatoms. The Bertz CT molecular complexity index is 1340. The molecule has 3 aromatic carbocycles. The van der Waals surface area contributed by atoms with Crippen molar-refractivity contribution in [1.29, 1.82) is 0 Å². The van der Waals surface area contributed by atoms with Crippen LogP contribution in [0.25, 0.3) is 10.9 Å². The molecule has 0 aliphatic rings. The quantitative estimate of drug-likeness (QED) is 0.422. The normalized spacial score (nSPS) is 11.5. The molecule has 0 spiro atoms. The standard InChI is InChI=1S/C28H29N3O2/c1-18-6-5-7-19(14-18)17-31-24-13-12-23(15-21(24)16-25(31)26(29)32)30-27(33)20-8-10-22(11-9-20)28(2,3)4/h5-16H,17H2,1-4H3,(H2,29,32)(H,30,33).